The van der Waals surface area contributed by atoms with E-state index in [4.69, 9.17) is 0 Å². The highest BCUT2D eigenvalue weighted by atomic mass is 79.9. The Hall–Kier alpha value is -0.660. The van der Waals surface area contributed by atoms with Crippen LogP contribution >= 0.6 is 15.9 Å². The second kappa shape index (κ2) is 4.24. The Morgan fingerprint density at radius 3 is 2.64 bits per heavy atom. The summed E-state index contributed by atoms with van der Waals surface area (Å²) in [4.78, 5) is 3.88. The summed E-state index contributed by atoms with van der Waals surface area (Å²) in [6.45, 7) is 0. The van der Waals surface area contributed by atoms with Crippen molar-refractivity contribution < 1.29 is 8.42 Å². The van der Waals surface area contributed by atoms with Crippen LogP contribution in [-0.2, 0) is 10.2 Å². The largest absolute Gasteiger partial charge is 0.302 e. The van der Waals surface area contributed by atoms with Gasteiger partial charge in [0.2, 0.25) is 0 Å². The number of anilines is 1. The maximum absolute atomic E-state index is 11.4. The van der Waals surface area contributed by atoms with Crippen LogP contribution in [0.2, 0.25) is 0 Å². The molecular weight excluding hydrogens is 270 g/mol. The molecule has 0 saturated heterocycles. The van der Waals surface area contributed by atoms with Gasteiger partial charge in [-0.3, -0.25) is 4.72 Å². The standard InChI is InChI=1S/C7H10BrN3O2S/c1-11(2)14(12,13)10-7-6(8)4-3-5-9-7/h3-5H,1-2H3,(H,9,10). The van der Waals surface area contributed by atoms with Gasteiger partial charge >= 0.3 is 10.2 Å². The molecule has 0 aliphatic heterocycles. The van der Waals surface area contributed by atoms with Crippen LogP contribution in [0.25, 0.3) is 0 Å². The summed E-state index contributed by atoms with van der Waals surface area (Å²) in [5.41, 5.74) is 0. The van der Waals surface area contributed by atoms with E-state index in [1.165, 1.54) is 20.3 Å². The van der Waals surface area contributed by atoms with Crippen LogP contribution in [-0.4, -0.2) is 31.8 Å². The molecule has 0 aliphatic rings. The van der Waals surface area contributed by atoms with Gasteiger partial charge in [-0.15, -0.1) is 0 Å². The maximum atomic E-state index is 11.4. The van der Waals surface area contributed by atoms with Crippen molar-refractivity contribution in [1.29, 1.82) is 0 Å². The van der Waals surface area contributed by atoms with Crippen molar-refractivity contribution in [2.45, 2.75) is 0 Å². The van der Waals surface area contributed by atoms with E-state index in [0.29, 0.717) is 4.47 Å². The van der Waals surface area contributed by atoms with Crippen LogP contribution in [0.1, 0.15) is 0 Å². The Bertz CT molecular complexity index is 419. The van der Waals surface area contributed by atoms with Gasteiger partial charge in [-0.25, -0.2) is 4.98 Å². The molecule has 1 rings (SSSR count). The summed E-state index contributed by atoms with van der Waals surface area (Å²) in [5, 5.41) is 0. The van der Waals surface area contributed by atoms with Gasteiger partial charge in [-0.1, -0.05) is 0 Å². The molecule has 0 saturated carbocycles. The lowest BCUT2D eigenvalue weighted by Gasteiger charge is -2.13. The molecule has 0 radical (unpaired) electrons. The van der Waals surface area contributed by atoms with Crippen LogP contribution in [0.4, 0.5) is 5.82 Å². The summed E-state index contributed by atoms with van der Waals surface area (Å²) in [6, 6.07) is 3.41. The molecule has 1 aromatic heterocycles. The quantitative estimate of drug-likeness (QED) is 0.900. The molecule has 0 unspecified atom stereocenters. The average molecular weight is 280 g/mol. The molecule has 1 aromatic rings. The van der Waals surface area contributed by atoms with Gasteiger partial charge in [-0.05, 0) is 28.1 Å². The number of rotatable bonds is 3. The summed E-state index contributed by atoms with van der Waals surface area (Å²) in [7, 11) is -0.596. The van der Waals surface area contributed by atoms with Gasteiger partial charge in [0.25, 0.3) is 0 Å². The first-order valence-electron chi connectivity index (χ1n) is 3.74. The summed E-state index contributed by atoms with van der Waals surface area (Å²) in [5.74, 6) is 0.279. The predicted molar refractivity (Wildman–Crippen MR) is 58.2 cm³/mol. The fourth-order valence-corrected chi connectivity index (χ4v) is 1.75. The molecule has 0 spiro atoms. The average Bonchev–Trinajstić information content (AvgIpc) is 2.08. The van der Waals surface area contributed by atoms with E-state index < -0.39 is 10.2 Å². The fraction of sp³-hybridized carbons (Fsp3) is 0.286. The highest BCUT2D eigenvalue weighted by Crippen LogP contribution is 2.19. The molecule has 0 fully saturated rings. The Morgan fingerprint density at radius 1 is 1.50 bits per heavy atom. The van der Waals surface area contributed by atoms with Crippen molar-refractivity contribution in [3.8, 4) is 0 Å². The normalized spacial score (nSPS) is 11.7. The lowest BCUT2D eigenvalue weighted by atomic mass is 10.5. The second-order valence-electron chi connectivity index (χ2n) is 2.72. The third-order valence-electron chi connectivity index (χ3n) is 1.46. The van der Waals surface area contributed by atoms with Crippen LogP contribution in [0.15, 0.2) is 22.8 Å². The number of hydrogen-bond acceptors (Lipinski definition) is 3. The topological polar surface area (TPSA) is 62.3 Å². The van der Waals surface area contributed by atoms with E-state index in [2.05, 4.69) is 25.6 Å². The van der Waals surface area contributed by atoms with Crippen LogP contribution in [0.5, 0.6) is 0 Å². The second-order valence-corrected chi connectivity index (χ2v) is 5.46. The smallest absolute Gasteiger partial charge is 0.254 e. The van der Waals surface area contributed by atoms with E-state index in [1.807, 2.05) is 0 Å². The third kappa shape index (κ3) is 2.66. The van der Waals surface area contributed by atoms with Crippen molar-refractivity contribution >= 4 is 32.0 Å². The minimum atomic E-state index is -3.48. The lowest BCUT2D eigenvalue weighted by molar-refractivity contribution is 0.526. The minimum Gasteiger partial charge on any atom is -0.254 e. The zero-order valence-electron chi connectivity index (χ0n) is 7.73. The fourth-order valence-electron chi connectivity index (χ4n) is 0.674. The molecule has 14 heavy (non-hydrogen) atoms. The van der Waals surface area contributed by atoms with Crippen LogP contribution in [0.3, 0.4) is 0 Å². The van der Waals surface area contributed by atoms with Gasteiger partial charge in [0.05, 0.1) is 4.47 Å². The third-order valence-corrected chi connectivity index (χ3v) is 3.52. The SMILES string of the molecule is CN(C)S(=O)(=O)Nc1ncccc1Br. The molecule has 0 amide bonds. The molecule has 78 valence electrons. The maximum Gasteiger partial charge on any atom is 0.302 e. The molecule has 0 aromatic carbocycles. The summed E-state index contributed by atoms with van der Waals surface area (Å²) < 4.78 is 26.8. The molecule has 0 bridgehead atoms. The first-order valence-corrected chi connectivity index (χ1v) is 5.97. The van der Waals surface area contributed by atoms with Crippen molar-refractivity contribution in [2.24, 2.45) is 0 Å². The zero-order valence-corrected chi connectivity index (χ0v) is 10.1. The molecule has 0 aliphatic carbocycles. The number of pyridine rings is 1. The lowest BCUT2D eigenvalue weighted by Crippen LogP contribution is -2.29. The summed E-state index contributed by atoms with van der Waals surface area (Å²) >= 11 is 3.19. The van der Waals surface area contributed by atoms with E-state index in [0.717, 1.165) is 4.31 Å². The molecular formula is C7H10BrN3O2S. The van der Waals surface area contributed by atoms with E-state index >= 15 is 0 Å². The molecule has 0 atom stereocenters. The van der Waals surface area contributed by atoms with Crippen molar-refractivity contribution in [3.63, 3.8) is 0 Å². The Labute approximate surface area is 91.5 Å². The van der Waals surface area contributed by atoms with E-state index in [9.17, 15) is 8.42 Å². The monoisotopic (exact) mass is 279 g/mol. The van der Waals surface area contributed by atoms with Gasteiger partial charge in [0.15, 0.2) is 5.82 Å². The highest BCUT2D eigenvalue weighted by molar-refractivity contribution is 9.10. The van der Waals surface area contributed by atoms with Crippen molar-refractivity contribution in [3.05, 3.63) is 22.8 Å². The van der Waals surface area contributed by atoms with E-state index in [1.54, 1.807) is 12.1 Å². The zero-order chi connectivity index (χ0) is 10.8. The highest BCUT2D eigenvalue weighted by Gasteiger charge is 2.14. The number of nitrogens with zero attached hydrogens (tertiary/aromatic N) is 2. The van der Waals surface area contributed by atoms with Gasteiger partial charge in [-0.2, -0.15) is 12.7 Å². The minimum absolute atomic E-state index is 0.279. The number of nitrogens with one attached hydrogen (secondary N) is 1. The molecule has 5 nitrogen and oxygen atoms in total. The Morgan fingerprint density at radius 2 is 2.14 bits per heavy atom. The molecule has 1 heterocycles. The number of hydrogen-bond donors (Lipinski definition) is 1. The van der Waals surface area contributed by atoms with E-state index in [-0.39, 0.29) is 5.82 Å². The van der Waals surface area contributed by atoms with Crippen molar-refractivity contribution in [2.75, 3.05) is 18.8 Å². The molecule has 1 N–H and O–H groups in total. The molecule has 7 heteroatoms. The van der Waals surface area contributed by atoms with Gasteiger partial charge < -0.3 is 0 Å². The Balaban J connectivity index is 2.96. The number of halogens is 1. The summed E-state index contributed by atoms with van der Waals surface area (Å²) in [6.07, 6.45) is 1.51. The Kier molecular flexibility index (Phi) is 3.46. The predicted octanol–water partition coefficient (Wildman–Crippen LogP) is 1.06. The van der Waals surface area contributed by atoms with Crippen LogP contribution < -0.4 is 4.72 Å². The number of aromatic nitrogens is 1. The van der Waals surface area contributed by atoms with Crippen molar-refractivity contribution in [1.82, 2.24) is 9.29 Å². The first kappa shape index (κ1) is 11.4. The van der Waals surface area contributed by atoms with Crippen LogP contribution in [0, 0.1) is 0 Å². The van der Waals surface area contributed by atoms with Gasteiger partial charge in [0.1, 0.15) is 0 Å². The van der Waals surface area contributed by atoms with Gasteiger partial charge in [0, 0.05) is 20.3 Å². The first-order chi connectivity index (χ1) is 6.43.